The summed E-state index contributed by atoms with van der Waals surface area (Å²) >= 11 is 7.60. The third-order valence-corrected chi connectivity index (χ3v) is 5.81. The van der Waals surface area contributed by atoms with Gasteiger partial charge in [0.2, 0.25) is 11.8 Å². The molecule has 0 spiro atoms. The average molecular weight is 419 g/mol. The molecular weight excluding hydrogens is 396 g/mol. The van der Waals surface area contributed by atoms with E-state index in [2.05, 4.69) is 0 Å². The lowest BCUT2D eigenvalue weighted by molar-refractivity contribution is -0.132. The summed E-state index contributed by atoms with van der Waals surface area (Å²) in [5.41, 5.74) is 0.945. The smallest absolute Gasteiger partial charge is 0.227 e. The molecule has 0 aliphatic carbocycles. The Balaban J connectivity index is 1.43. The molecule has 1 aliphatic rings. The zero-order valence-corrected chi connectivity index (χ0v) is 17.3. The number of para-hydroxylation sites is 1. The molecule has 1 heterocycles. The van der Waals surface area contributed by atoms with Gasteiger partial charge in [0.1, 0.15) is 12.4 Å². The highest BCUT2D eigenvalue weighted by Crippen LogP contribution is 2.34. The molecule has 0 radical (unpaired) electrons. The van der Waals surface area contributed by atoms with Crippen molar-refractivity contribution >= 4 is 40.9 Å². The first kappa shape index (κ1) is 20.6. The van der Waals surface area contributed by atoms with Crippen LogP contribution in [0.25, 0.3) is 0 Å². The molecule has 0 saturated heterocycles. The maximum absolute atomic E-state index is 12.6. The molecule has 5 nitrogen and oxygen atoms in total. The first-order valence-electron chi connectivity index (χ1n) is 9.19. The van der Waals surface area contributed by atoms with Gasteiger partial charge in [0, 0.05) is 42.1 Å². The van der Waals surface area contributed by atoms with Crippen LogP contribution in [-0.4, -0.2) is 49.2 Å². The van der Waals surface area contributed by atoms with E-state index >= 15 is 0 Å². The number of ether oxygens (including phenoxy) is 1. The highest BCUT2D eigenvalue weighted by Gasteiger charge is 2.23. The van der Waals surface area contributed by atoms with E-state index in [1.165, 1.54) is 0 Å². The summed E-state index contributed by atoms with van der Waals surface area (Å²) in [5, 5.41) is 0.652. The number of hydrogen-bond acceptors (Lipinski definition) is 4. The van der Waals surface area contributed by atoms with Crippen LogP contribution in [0.1, 0.15) is 12.8 Å². The van der Waals surface area contributed by atoms with Gasteiger partial charge >= 0.3 is 0 Å². The molecule has 0 N–H and O–H groups in total. The molecule has 2 aromatic rings. The summed E-state index contributed by atoms with van der Waals surface area (Å²) in [6.45, 7) is 1.52. The second kappa shape index (κ2) is 9.85. The minimum absolute atomic E-state index is 0.00749. The van der Waals surface area contributed by atoms with Gasteiger partial charge in [-0.15, -0.1) is 11.8 Å². The van der Waals surface area contributed by atoms with E-state index in [4.69, 9.17) is 16.3 Å². The van der Waals surface area contributed by atoms with E-state index in [1.54, 1.807) is 52.9 Å². The van der Waals surface area contributed by atoms with E-state index in [9.17, 15) is 9.59 Å². The van der Waals surface area contributed by atoms with Crippen LogP contribution in [0.15, 0.2) is 53.4 Å². The summed E-state index contributed by atoms with van der Waals surface area (Å²) in [6.07, 6.45) is 0.405. The lowest BCUT2D eigenvalue weighted by Crippen LogP contribution is -2.37. The topological polar surface area (TPSA) is 49.9 Å². The van der Waals surface area contributed by atoms with E-state index in [0.29, 0.717) is 30.5 Å². The summed E-state index contributed by atoms with van der Waals surface area (Å²) < 4.78 is 5.61. The lowest BCUT2D eigenvalue weighted by Gasteiger charge is -2.29. The molecule has 7 heteroatoms. The fourth-order valence-electron chi connectivity index (χ4n) is 2.92. The Morgan fingerprint density at radius 2 is 1.89 bits per heavy atom. The maximum atomic E-state index is 12.6. The van der Waals surface area contributed by atoms with Crippen molar-refractivity contribution in [2.45, 2.75) is 17.7 Å². The quantitative estimate of drug-likeness (QED) is 0.679. The number of nitrogens with zero attached hydrogens (tertiary/aromatic N) is 2. The van der Waals surface area contributed by atoms with E-state index in [-0.39, 0.29) is 24.7 Å². The number of halogens is 1. The number of carbonyl (C=O) groups excluding carboxylic acids is 2. The Hall–Kier alpha value is -2.18. The van der Waals surface area contributed by atoms with Crippen LogP contribution in [0.2, 0.25) is 5.02 Å². The Kier molecular flexibility index (Phi) is 7.23. The van der Waals surface area contributed by atoms with Gasteiger partial charge in [0.15, 0.2) is 0 Å². The predicted molar refractivity (Wildman–Crippen MR) is 113 cm³/mol. The lowest BCUT2D eigenvalue weighted by atomic mass is 10.2. The van der Waals surface area contributed by atoms with Gasteiger partial charge in [-0.2, -0.15) is 0 Å². The van der Waals surface area contributed by atoms with Crippen molar-refractivity contribution in [2.24, 2.45) is 0 Å². The number of anilines is 1. The highest BCUT2D eigenvalue weighted by molar-refractivity contribution is 7.99. The molecule has 0 atom stereocenters. The van der Waals surface area contributed by atoms with Gasteiger partial charge in [-0.25, -0.2) is 0 Å². The molecule has 28 heavy (non-hydrogen) atoms. The number of hydrogen-bond donors (Lipinski definition) is 0. The fourth-order valence-corrected chi connectivity index (χ4v) is 4.04. The van der Waals surface area contributed by atoms with Gasteiger partial charge in [-0.1, -0.05) is 23.7 Å². The largest absolute Gasteiger partial charge is 0.492 e. The van der Waals surface area contributed by atoms with Crippen molar-refractivity contribution in [3.8, 4) is 5.75 Å². The zero-order valence-electron chi connectivity index (χ0n) is 15.8. The molecule has 0 aromatic heterocycles. The Labute approximate surface area is 174 Å². The van der Waals surface area contributed by atoms with Gasteiger partial charge in [-0.3, -0.25) is 9.59 Å². The van der Waals surface area contributed by atoms with Crippen LogP contribution >= 0.6 is 23.4 Å². The Bertz CT molecular complexity index is 829. The van der Waals surface area contributed by atoms with Crippen LogP contribution < -0.4 is 9.64 Å². The minimum atomic E-state index is -0.0623. The van der Waals surface area contributed by atoms with Crippen molar-refractivity contribution < 1.29 is 14.3 Å². The number of rotatable bonds is 7. The van der Waals surface area contributed by atoms with Crippen LogP contribution in [0, 0.1) is 0 Å². The average Bonchev–Trinajstić information content (AvgIpc) is 2.72. The van der Waals surface area contributed by atoms with Crippen molar-refractivity contribution in [2.75, 3.05) is 37.4 Å². The van der Waals surface area contributed by atoms with Crippen LogP contribution in [0.5, 0.6) is 5.75 Å². The maximum Gasteiger partial charge on any atom is 0.227 e. The second-order valence-electron chi connectivity index (χ2n) is 6.48. The van der Waals surface area contributed by atoms with Gasteiger partial charge in [-0.05, 0) is 36.4 Å². The molecule has 0 bridgehead atoms. The predicted octanol–water partition coefficient (Wildman–Crippen LogP) is 4.10. The molecule has 2 amide bonds. The number of fused-ring (bicyclic) bond motifs is 1. The molecule has 1 aliphatic heterocycles. The van der Waals surface area contributed by atoms with E-state index in [0.717, 1.165) is 16.3 Å². The van der Waals surface area contributed by atoms with Crippen molar-refractivity contribution in [1.82, 2.24) is 4.90 Å². The fraction of sp³-hybridized carbons (Fsp3) is 0.333. The van der Waals surface area contributed by atoms with E-state index < -0.39 is 0 Å². The number of carbonyl (C=O) groups is 2. The number of thioether (sulfide) groups is 1. The summed E-state index contributed by atoms with van der Waals surface area (Å²) in [5.74, 6) is 1.51. The molecule has 0 unspecified atom stereocenters. The Morgan fingerprint density at radius 1 is 1.14 bits per heavy atom. The third kappa shape index (κ3) is 5.42. The molecule has 0 saturated carbocycles. The minimum Gasteiger partial charge on any atom is -0.492 e. The zero-order chi connectivity index (χ0) is 19.9. The molecular formula is C21H23ClN2O3S. The highest BCUT2D eigenvalue weighted by atomic mass is 35.5. The van der Waals surface area contributed by atoms with Crippen LogP contribution in [-0.2, 0) is 9.59 Å². The van der Waals surface area contributed by atoms with Gasteiger partial charge in [0.25, 0.3) is 0 Å². The summed E-state index contributed by atoms with van der Waals surface area (Å²) in [7, 11) is 1.73. The number of likely N-dealkylation sites (N-methyl/N-ethyl adjacent to an activating group) is 1. The monoisotopic (exact) mass is 418 g/mol. The SMILES string of the molecule is CN(CCOc1ccc(Cl)cc1)C(=O)CCC(=O)N1CCSc2ccccc21. The molecule has 3 rings (SSSR count). The van der Waals surface area contributed by atoms with E-state index in [1.807, 2.05) is 24.3 Å². The van der Waals surface area contributed by atoms with Crippen LogP contribution in [0.3, 0.4) is 0 Å². The van der Waals surface area contributed by atoms with Crippen molar-refractivity contribution in [3.63, 3.8) is 0 Å². The standard InChI is InChI=1S/C21H23ClN2O3S/c1-23(12-14-27-17-8-6-16(22)7-9-17)20(25)10-11-21(26)24-13-15-28-19-5-3-2-4-18(19)24/h2-9H,10-15H2,1H3. The second-order valence-corrected chi connectivity index (χ2v) is 8.05. The van der Waals surface area contributed by atoms with Gasteiger partial charge < -0.3 is 14.5 Å². The van der Waals surface area contributed by atoms with Crippen molar-refractivity contribution in [1.29, 1.82) is 0 Å². The van der Waals surface area contributed by atoms with Crippen LogP contribution in [0.4, 0.5) is 5.69 Å². The number of amides is 2. The van der Waals surface area contributed by atoms with Crippen molar-refractivity contribution in [3.05, 3.63) is 53.6 Å². The third-order valence-electron chi connectivity index (χ3n) is 4.52. The first-order valence-corrected chi connectivity index (χ1v) is 10.6. The molecule has 0 fully saturated rings. The molecule has 148 valence electrons. The first-order chi connectivity index (χ1) is 13.5. The molecule has 2 aromatic carbocycles. The normalized spacial score (nSPS) is 13.0. The number of benzene rings is 2. The van der Waals surface area contributed by atoms with Gasteiger partial charge in [0.05, 0.1) is 12.2 Å². The summed E-state index contributed by atoms with van der Waals surface area (Å²) in [4.78, 5) is 29.5. The Morgan fingerprint density at radius 3 is 2.68 bits per heavy atom. The summed E-state index contributed by atoms with van der Waals surface area (Å²) in [6, 6.07) is 15.0.